The van der Waals surface area contributed by atoms with Gasteiger partial charge in [-0.2, -0.15) is 0 Å². The predicted octanol–water partition coefficient (Wildman–Crippen LogP) is 2.81. The number of fused-ring (bicyclic) bond motifs is 1. The lowest BCUT2D eigenvalue weighted by molar-refractivity contribution is 0.340. The Labute approximate surface area is 110 Å². The van der Waals surface area contributed by atoms with Crippen molar-refractivity contribution in [1.82, 2.24) is 9.72 Å². The summed E-state index contributed by atoms with van der Waals surface area (Å²) in [4.78, 5) is 0. The molecule has 5 nitrogen and oxygen atoms in total. The second kappa shape index (κ2) is 4.35. The average Bonchev–Trinajstić information content (AvgIpc) is 2.94. The molecule has 3 rings (SSSR count). The second-order valence-corrected chi connectivity index (χ2v) is 4.38. The van der Waals surface area contributed by atoms with Crippen LogP contribution in [-0.4, -0.2) is 16.3 Å². The molecule has 2 aromatic heterocycles. The number of nitrogens with two attached hydrogens (primary N) is 1. The highest BCUT2D eigenvalue weighted by Gasteiger charge is 2.13. The Morgan fingerprint density at radius 3 is 2.89 bits per heavy atom. The van der Waals surface area contributed by atoms with Crippen LogP contribution in [0.2, 0.25) is 0 Å². The maximum absolute atomic E-state index is 5.58. The standard InChI is InChI=1S/C14H15N3O2/c1-3-18-9-4-5-13-10(6-9)11(8-17(13)2)12-7-14(15)19-16-12/h4-8H,3,15H2,1-2H3. The van der Waals surface area contributed by atoms with Gasteiger partial charge in [0.2, 0.25) is 5.88 Å². The lowest BCUT2D eigenvalue weighted by Crippen LogP contribution is -1.91. The van der Waals surface area contributed by atoms with Gasteiger partial charge >= 0.3 is 0 Å². The average molecular weight is 257 g/mol. The Bertz CT molecular complexity index is 727. The third kappa shape index (κ3) is 1.93. The fraction of sp³-hybridized carbons (Fsp3) is 0.214. The summed E-state index contributed by atoms with van der Waals surface area (Å²) in [6.45, 7) is 2.61. The van der Waals surface area contributed by atoms with Gasteiger partial charge in [-0.05, 0) is 25.1 Å². The molecule has 0 radical (unpaired) electrons. The zero-order chi connectivity index (χ0) is 13.4. The minimum Gasteiger partial charge on any atom is -0.494 e. The number of nitrogen functional groups attached to an aromatic ring is 1. The van der Waals surface area contributed by atoms with Gasteiger partial charge < -0.3 is 19.6 Å². The van der Waals surface area contributed by atoms with Crippen molar-refractivity contribution in [2.45, 2.75) is 6.92 Å². The SMILES string of the molecule is CCOc1ccc2c(c1)c(-c1cc(N)on1)cn2C. The smallest absolute Gasteiger partial charge is 0.222 e. The molecule has 1 aromatic carbocycles. The Morgan fingerprint density at radius 1 is 1.37 bits per heavy atom. The molecule has 0 spiro atoms. The van der Waals surface area contributed by atoms with Crippen molar-refractivity contribution in [2.24, 2.45) is 7.05 Å². The molecule has 0 aliphatic heterocycles. The molecule has 2 heterocycles. The van der Waals surface area contributed by atoms with Crippen molar-refractivity contribution in [3.8, 4) is 17.0 Å². The van der Waals surface area contributed by atoms with Gasteiger partial charge in [-0.15, -0.1) is 0 Å². The Hall–Kier alpha value is -2.43. The van der Waals surface area contributed by atoms with Gasteiger partial charge in [-0.3, -0.25) is 0 Å². The molecule has 0 fully saturated rings. The van der Waals surface area contributed by atoms with Crippen LogP contribution in [-0.2, 0) is 7.05 Å². The van der Waals surface area contributed by atoms with Crippen molar-refractivity contribution in [2.75, 3.05) is 12.3 Å². The first kappa shape index (κ1) is 11.6. The summed E-state index contributed by atoms with van der Waals surface area (Å²) in [5.41, 5.74) is 8.41. The molecule has 5 heteroatoms. The molecule has 0 atom stereocenters. The molecule has 2 N–H and O–H groups in total. The molecular formula is C14H15N3O2. The van der Waals surface area contributed by atoms with Crippen LogP contribution in [0.5, 0.6) is 5.75 Å². The first-order valence-electron chi connectivity index (χ1n) is 6.13. The highest BCUT2D eigenvalue weighted by molar-refractivity contribution is 5.96. The van der Waals surface area contributed by atoms with Gasteiger partial charge in [-0.25, -0.2) is 0 Å². The molecule has 0 aliphatic rings. The van der Waals surface area contributed by atoms with E-state index in [0.29, 0.717) is 12.5 Å². The van der Waals surface area contributed by atoms with Crippen LogP contribution in [0.1, 0.15) is 6.92 Å². The van der Waals surface area contributed by atoms with Crippen LogP contribution in [0.4, 0.5) is 5.88 Å². The van der Waals surface area contributed by atoms with E-state index in [9.17, 15) is 0 Å². The lowest BCUT2D eigenvalue weighted by Gasteiger charge is -2.03. The number of ether oxygens (including phenoxy) is 1. The summed E-state index contributed by atoms with van der Waals surface area (Å²) in [5, 5.41) is 5.04. The van der Waals surface area contributed by atoms with Gasteiger partial charge in [0, 0.05) is 35.8 Å². The van der Waals surface area contributed by atoms with E-state index in [1.165, 1.54) is 0 Å². The number of aromatic nitrogens is 2. The van der Waals surface area contributed by atoms with Crippen LogP contribution in [0.25, 0.3) is 22.2 Å². The highest BCUT2D eigenvalue weighted by atomic mass is 16.5. The van der Waals surface area contributed by atoms with Crippen LogP contribution in [0.3, 0.4) is 0 Å². The summed E-state index contributed by atoms with van der Waals surface area (Å²) in [6.07, 6.45) is 2.01. The summed E-state index contributed by atoms with van der Waals surface area (Å²) in [6, 6.07) is 7.74. The minimum absolute atomic E-state index is 0.313. The molecular weight excluding hydrogens is 242 g/mol. The van der Waals surface area contributed by atoms with E-state index in [0.717, 1.165) is 27.9 Å². The monoisotopic (exact) mass is 257 g/mol. The normalized spacial score (nSPS) is 11.1. The Balaban J connectivity index is 2.20. The van der Waals surface area contributed by atoms with Gasteiger partial charge in [0.25, 0.3) is 0 Å². The van der Waals surface area contributed by atoms with Crippen LogP contribution < -0.4 is 10.5 Å². The lowest BCUT2D eigenvalue weighted by atomic mass is 10.1. The Morgan fingerprint density at radius 2 is 2.21 bits per heavy atom. The number of aryl methyl sites for hydroxylation is 1. The molecule has 0 saturated carbocycles. The van der Waals surface area contributed by atoms with E-state index in [-0.39, 0.29) is 0 Å². The highest BCUT2D eigenvalue weighted by Crippen LogP contribution is 2.32. The number of hydrogen-bond acceptors (Lipinski definition) is 4. The number of anilines is 1. The van der Waals surface area contributed by atoms with Crippen LogP contribution >= 0.6 is 0 Å². The predicted molar refractivity (Wildman–Crippen MR) is 74.0 cm³/mol. The van der Waals surface area contributed by atoms with E-state index >= 15 is 0 Å². The number of benzene rings is 1. The molecule has 0 aliphatic carbocycles. The van der Waals surface area contributed by atoms with Gasteiger partial charge in [0.1, 0.15) is 11.4 Å². The van der Waals surface area contributed by atoms with E-state index in [1.807, 2.05) is 42.9 Å². The summed E-state index contributed by atoms with van der Waals surface area (Å²) < 4.78 is 12.5. The minimum atomic E-state index is 0.313. The third-order valence-electron chi connectivity index (χ3n) is 3.08. The second-order valence-electron chi connectivity index (χ2n) is 4.38. The summed E-state index contributed by atoms with van der Waals surface area (Å²) in [7, 11) is 2.00. The van der Waals surface area contributed by atoms with Crippen molar-refractivity contribution in [3.05, 3.63) is 30.5 Å². The number of hydrogen-bond donors (Lipinski definition) is 1. The maximum atomic E-state index is 5.58. The zero-order valence-electron chi connectivity index (χ0n) is 10.9. The van der Waals surface area contributed by atoms with E-state index in [2.05, 4.69) is 5.16 Å². The van der Waals surface area contributed by atoms with Crippen molar-refractivity contribution < 1.29 is 9.26 Å². The molecule has 0 bridgehead atoms. The number of rotatable bonds is 3. The van der Waals surface area contributed by atoms with E-state index < -0.39 is 0 Å². The van der Waals surface area contributed by atoms with Crippen molar-refractivity contribution in [1.29, 1.82) is 0 Å². The van der Waals surface area contributed by atoms with Crippen LogP contribution in [0, 0.1) is 0 Å². The topological polar surface area (TPSA) is 66.2 Å². The maximum Gasteiger partial charge on any atom is 0.222 e. The fourth-order valence-electron chi connectivity index (χ4n) is 2.25. The fourth-order valence-corrected chi connectivity index (χ4v) is 2.25. The van der Waals surface area contributed by atoms with E-state index in [1.54, 1.807) is 6.07 Å². The van der Waals surface area contributed by atoms with Crippen molar-refractivity contribution >= 4 is 16.8 Å². The molecule has 98 valence electrons. The molecule has 0 unspecified atom stereocenters. The summed E-state index contributed by atoms with van der Waals surface area (Å²) >= 11 is 0. The van der Waals surface area contributed by atoms with Gasteiger partial charge in [0.15, 0.2) is 0 Å². The summed E-state index contributed by atoms with van der Waals surface area (Å²) in [5.74, 6) is 1.16. The largest absolute Gasteiger partial charge is 0.494 e. The number of nitrogens with zero attached hydrogens (tertiary/aromatic N) is 2. The molecule has 0 amide bonds. The molecule has 0 saturated heterocycles. The van der Waals surface area contributed by atoms with Crippen molar-refractivity contribution in [3.63, 3.8) is 0 Å². The van der Waals surface area contributed by atoms with E-state index in [4.69, 9.17) is 15.0 Å². The molecule has 3 aromatic rings. The molecule has 19 heavy (non-hydrogen) atoms. The van der Waals surface area contributed by atoms with Gasteiger partial charge in [0.05, 0.1) is 6.61 Å². The zero-order valence-corrected chi connectivity index (χ0v) is 10.9. The first-order chi connectivity index (χ1) is 9.19. The van der Waals surface area contributed by atoms with Gasteiger partial charge in [-0.1, -0.05) is 5.16 Å². The quantitative estimate of drug-likeness (QED) is 0.783. The van der Waals surface area contributed by atoms with Crippen LogP contribution in [0.15, 0.2) is 35.0 Å². The first-order valence-corrected chi connectivity index (χ1v) is 6.13. The third-order valence-corrected chi connectivity index (χ3v) is 3.08. The Kier molecular flexibility index (Phi) is 2.67.